The van der Waals surface area contributed by atoms with Gasteiger partial charge in [0.2, 0.25) is 5.91 Å². The third-order valence-corrected chi connectivity index (χ3v) is 3.98. The van der Waals surface area contributed by atoms with Gasteiger partial charge in [0.25, 0.3) is 0 Å². The summed E-state index contributed by atoms with van der Waals surface area (Å²) in [5.74, 6) is 1.71. The molecule has 0 atom stereocenters. The van der Waals surface area contributed by atoms with E-state index in [0.717, 1.165) is 30.7 Å². The van der Waals surface area contributed by atoms with Crippen LogP contribution in [-0.4, -0.2) is 59.8 Å². The fraction of sp³-hybridized carbons (Fsp3) is 0.643. The molecule has 0 bridgehead atoms. The van der Waals surface area contributed by atoms with Crippen LogP contribution in [0.4, 0.5) is 5.69 Å². The fourth-order valence-electron chi connectivity index (χ4n) is 2.56. The molecule has 3 rings (SSSR count). The molecule has 1 amide bonds. The molecule has 1 saturated heterocycles. The predicted molar refractivity (Wildman–Crippen MR) is 81.2 cm³/mol. The van der Waals surface area contributed by atoms with Crippen molar-refractivity contribution in [3.8, 4) is 0 Å². The third-order valence-electron chi connectivity index (χ3n) is 3.98. The number of rotatable bonds is 3. The fourth-order valence-corrected chi connectivity index (χ4v) is 2.56. The third kappa shape index (κ3) is 3.17. The Morgan fingerprint density at radius 2 is 2.29 bits per heavy atom. The Kier molecular flexibility index (Phi) is 3.81. The quantitative estimate of drug-likeness (QED) is 0.631. The number of piperazine rings is 1. The van der Waals surface area contributed by atoms with E-state index in [1.54, 1.807) is 22.8 Å². The maximum Gasteiger partial charge on any atom is 0.246 e. The van der Waals surface area contributed by atoms with Crippen molar-refractivity contribution in [1.29, 1.82) is 0 Å². The highest BCUT2D eigenvalue weighted by atomic mass is 16.2. The number of aromatic nitrogens is 2. The second kappa shape index (κ2) is 5.75. The second-order valence-corrected chi connectivity index (χ2v) is 5.71. The average Bonchev–Trinajstić information content (AvgIpc) is 3.20. The molecule has 1 aromatic heterocycles. The van der Waals surface area contributed by atoms with Crippen molar-refractivity contribution in [3.05, 3.63) is 12.4 Å². The number of amides is 1. The van der Waals surface area contributed by atoms with Crippen LogP contribution in [0.1, 0.15) is 12.8 Å². The average molecular weight is 290 g/mol. The molecule has 1 aliphatic heterocycles. The number of nitrogens with one attached hydrogen (secondary N) is 1. The number of carbonyl (C=O) groups excluding carboxylic acids is 1. The molecule has 0 aromatic carbocycles. The Morgan fingerprint density at radius 3 is 2.86 bits per heavy atom. The van der Waals surface area contributed by atoms with Crippen molar-refractivity contribution >= 4 is 17.6 Å². The molecule has 2 heterocycles. The summed E-state index contributed by atoms with van der Waals surface area (Å²) < 4.78 is 1.71. The molecule has 2 fully saturated rings. The minimum absolute atomic E-state index is 0.0867. The second-order valence-electron chi connectivity index (χ2n) is 5.71. The van der Waals surface area contributed by atoms with Crippen molar-refractivity contribution in [2.45, 2.75) is 12.8 Å². The maximum absolute atomic E-state index is 12.3. The summed E-state index contributed by atoms with van der Waals surface area (Å²) in [4.78, 5) is 20.5. The van der Waals surface area contributed by atoms with Crippen molar-refractivity contribution in [3.63, 3.8) is 0 Å². The lowest BCUT2D eigenvalue weighted by atomic mass is 10.3. The zero-order valence-corrected chi connectivity index (χ0v) is 12.6. The highest BCUT2D eigenvalue weighted by molar-refractivity contribution is 5.98. The molecule has 1 aliphatic carbocycles. The van der Waals surface area contributed by atoms with Crippen LogP contribution >= 0.6 is 0 Å². The van der Waals surface area contributed by atoms with E-state index in [1.165, 1.54) is 12.8 Å². The zero-order valence-electron chi connectivity index (χ0n) is 12.6. The summed E-state index contributed by atoms with van der Waals surface area (Å²) in [5, 5.41) is 7.49. The molecule has 0 spiro atoms. The molecular formula is C14H22N6O. The van der Waals surface area contributed by atoms with Gasteiger partial charge in [-0.2, -0.15) is 5.10 Å². The van der Waals surface area contributed by atoms with Crippen molar-refractivity contribution in [2.75, 3.05) is 38.1 Å². The van der Waals surface area contributed by atoms with Crippen molar-refractivity contribution < 1.29 is 4.79 Å². The van der Waals surface area contributed by atoms with E-state index < -0.39 is 0 Å². The van der Waals surface area contributed by atoms with E-state index in [1.807, 2.05) is 18.1 Å². The summed E-state index contributed by atoms with van der Waals surface area (Å²) in [6.45, 7) is 2.77. The molecule has 7 nitrogen and oxygen atoms in total. The van der Waals surface area contributed by atoms with E-state index in [0.29, 0.717) is 13.1 Å². The van der Waals surface area contributed by atoms with Crippen LogP contribution in [0.5, 0.6) is 0 Å². The van der Waals surface area contributed by atoms with Gasteiger partial charge in [0.1, 0.15) is 6.54 Å². The topological polar surface area (TPSA) is 65.8 Å². The standard InChI is InChI=1S/C14H22N6O/c1-15-14(16-7-11-3-4-11)19-5-6-20(13(21)10-19)12-8-17-18(2)9-12/h8-9,11H,3-7,10H2,1-2H3,(H,15,16). The molecular weight excluding hydrogens is 268 g/mol. The number of hydrogen-bond donors (Lipinski definition) is 1. The molecule has 0 radical (unpaired) electrons. The van der Waals surface area contributed by atoms with E-state index in [9.17, 15) is 4.79 Å². The molecule has 0 unspecified atom stereocenters. The summed E-state index contributed by atoms with van der Waals surface area (Å²) in [5.41, 5.74) is 0.864. The van der Waals surface area contributed by atoms with Crippen LogP contribution in [0.25, 0.3) is 0 Å². The maximum atomic E-state index is 12.3. The van der Waals surface area contributed by atoms with Crippen LogP contribution in [0, 0.1) is 5.92 Å². The Labute approximate surface area is 124 Å². The van der Waals surface area contributed by atoms with Gasteiger partial charge in [-0.25, -0.2) is 0 Å². The van der Waals surface area contributed by atoms with Gasteiger partial charge in [-0.1, -0.05) is 0 Å². The smallest absolute Gasteiger partial charge is 0.246 e. The molecule has 1 aromatic rings. The minimum atomic E-state index is 0.0867. The predicted octanol–water partition coefficient (Wildman–Crippen LogP) is 0.0541. The minimum Gasteiger partial charge on any atom is -0.356 e. The number of anilines is 1. The lowest BCUT2D eigenvalue weighted by Crippen LogP contribution is -2.55. The first-order valence-corrected chi connectivity index (χ1v) is 7.42. The van der Waals surface area contributed by atoms with E-state index in [-0.39, 0.29) is 5.91 Å². The number of aliphatic imine (C=N–C) groups is 1. The number of guanidine groups is 1. The van der Waals surface area contributed by atoms with Crippen LogP contribution in [-0.2, 0) is 11.8 Å². The first-order valence-electron chi connectivity index (χ1n) is 7.42. The SMILES string of the molecule is CN=C(NCC1CC1)N1CCN(c2cnn(C)c2)C(=O)C1. The van der Waals surface area contributed by atoms with Gasteiger partial charge in [-0.3, -0.25) is 14.5 Å². The largest absolute Gasteiger partial charge is 0.356 e. The Morgan fingerprint density at radius 1 is 1.48 bits per heavy atom. The highest BCUT2D eigenvalue weighted by Gasteiger charge is 2.28. The van der Waals surface area contributed by atoms with Gasteiger partial charge < -0.3 is 15.1 Å². The molecule has 1 N–H and O–H groups in total. The number of hydrogen-bond acceptors (Lipinski definition) is 3. The number of nitrogens with zero attached hydrogens (tertiary/aromatic N) is 5. The van der Waals surface area contributed by atoms with Gasteiger partial charge in [0.15, 0.2) is 5.96 Å². The summed E-state index contributed by atoms with van der Waals surface area (Å²) in [7, 11) is 3.63. The molecule has 2 aliphatic rings. The molecule has 1 saturated carbocycles. The van der Waals surface area contributed by atoms with E-state index >= 15 is 0 Å². The Balaban J connectivity index is 1.60. The molecule has 7 heteroatoms. The van der Waals surface area contributed by atoms with E-state index in [2.05, 4.69) is 15.4 Å². The molecule has 114 valence electrons. The van der Waals surface area contributed by atoms with Gasteiger partial charge in [0, 0.05) is 39.9 Å². The van der Waals surface area contributed by atoms with E-state index in [4.69, 9.17) is 0 Å². The monoisotopic (exact) mass is 290 g/mol. The van der Waals surface area contributed by atoms with Crippen LogP contribution in [0.3, 0.4) is 0 Å². The van der Waals surface area contributed by atoms with Gasteiger partial charge in [-0.15, -0.1) is 0 Å². The van der Waals surface area contributed by atoms with Crippen LogP contribution in [0.15, 0.2) is 17.4 Å². The lowest BCUT2D eigenvalue weighted by molar-refractivity contribution is -0.120. The van der Waals surface area contributed by atoms with Gasteiger partial charge in [0.05, 0.1) is 11.9 Å². The van der Waals surface area contributed by atoms with Crippen molar-refractivity contribution in [1.82, 2.24) is 20.0 Å². The lowest BCUT2D eigenvalue weighted by Gasteiger charge is -2.35. The zero-order chi connectivity index (χ0) is 14.8. The highest BCUT2D eigenvalue weighted by Crippen LogP contribution is 2.27. The number of aryl methyl sites for hydroxylation is 1. The normalized spacial score (nSPS) is 20.1. The number of carbonyl (C=O) groups is 1. The summed E-state index contributed by atoms with van der Waals surface area (Å²) in [6.07, 6.45) is 6.21. The summed E-state index contributed by atoms with van der Waals surface area (Å²) in [6, 6.07) is 0. The Hall–Kier alpha value is -2.05. The van der Waals surface area contributed by atoms with Gasteiger partial charge >= 0.3 is 0 Å². The van der Waals surface area contributed by atoms with Crippen molar-refractivity contribution in [2.24, 2.45) is 18.0 Å². The first-order chi connectivity index (χ1) is 10.2. The first kappa shape index (κ1) is 13.9. The van der Waals surface area contributed by atoms with Crippen LogP contribution in [0.2, 0.25) is 0 Å². The van der Waals surface area contributed by atoms with Gasteiger partial charge in [-0.05, 0) is 18.8 Å². The Bertz CT molecular complexity index is 547. The molecule has 21 heavy (non-hydrogen) atoms. The summed E-state index contributed by atoms with van der Waals surface area (Å²) >= 11 is 0. The van der Waals surface area contributed by atoms with Crippen LogP contribution < -0.4 is 10.2 Å².